The van der Waals surface area contributed by atoms with Crippen molar-refractivity contribution in [2.45, 2.75) is 32.9 Å². The second kappa shape index (κ2) is 6.22. The molecule has 0 aliphatic carbocycles. The molecule has 116 valence electrons. The van der Waals surface area contributed by atoms with Gasteiger partial charge in [0.1, 0.15) is 0 Å². The molecule has 3 heterocycles. The predicted octanol–water partition coefficient (Wildman–Crippen LogP) is 2.92. The van der Waals surface area contributed by atoms with E-state index >= 15 is 0 Å². The molecule has 0 bridgehead atoms. The van der Waals surface area contributed by atoms with Gasteiger partial charge in [-0.2, -0.15) is 0 Å². The normalized spacial score (nSPS) is 22.0. The van der Waals surface area contributed by atoms with E-state index in [-0.39, 0.29) is 23.9 Å². The van der Waals surface area contributed by atoms with Gasteiger partial charge in [0.05, 0.1) is 12.0 Å². The lowest BCUT2D eigenvalue weighted by atomic mass is 9.80. The Hall–Kier alpha value is -1.30. The van der Waals surface area contributed by atoms with Gasteiger partial charge in [-0.05, 0) is 24.0 Å². The minimum Gasteiger partial charge on any atom is -0.461 e. The molecule has 5 nitrogen and oxygen atoms in total. The molecule has 1 atom stereocenters. The predicted molar refractivity (Wildman–Crippen MR) is 83.1 cm³/mol. The third kappa shape index (κ3) is 3.48. The molecule has 0 spiro atoms. The molecule has 3 rings (SSSR count). The van der Waals surface area contributed by atoms with E-state index in [2.05, 4.69) is 23.9 Å². The Bertz CT molecular complexity index is 565. The zero-order chi connectivity index (χ0) is 14.2. The Labute approximate surface area is 130 Å². The van der Waals surface area contributed by atoms with E-state index in [1.807, 2.05) is 18.2 Å². The standard InChI is InChI=1S/C15H21N3O2.ClH/c1-15(2)10-18(6-5-14(15)16)9-11-8-13(20-17-11)12-4-3-7-19-12;/h3-4,7-8,14H,5-6,9-10,16H2,1-2H3;1H. The fraction of sp³-hybridized carbons (Fsp3) is 0.533. The molecule has 2 aromatic rings. The van der Waals surface area contributed by atoms with Gasteiger partial charge >= 0.3 is 0 Å². The van der Waals surface area contributed by atoms with Crippen molar-refractivity contribution in [2.75, 3.05) is 13.1 Å². The number of nitrogens with zero attached hydrogens (tertiary/aromatic N) is 2. The van der Waals surface area contributed by atoms with Crippen LogP contribution in [-0.2, 0) is 6.54 Å². The van der Waals surface area contributed by atoms with Gasteiger partial charge in [-0.15, -0.1) is 12.4 Å². The van der Waals surface area contributed by atoms with Gasteiger partial charge in [0.15, 0.2) is 5.76 Å². The first-order chi connectivity index (χ1) is 9.54. The minimum absolute atomic E-state index is 0. The topological polar surface area (TPSA) is 68.4 Å². The Morgan fingerprint density at radius 2 is 2.24 bits per heavy atom. The fourth-order valence-electron chi connectivity index (χ4n) is 2.77. The molecule has 0 saturated carbocycles. The summed E-state index contributed by atoms with van der Waals surface area (Å²) in [6.07, 6.45) is 2.65. The van der Waals surface area contributed by atoms with Crippen LogP contribution in [0.1, 0.15) is 26.0 Å². The van der Waals surface area contributed by atoms with Crippen molar-refractivity contribution < 1.29 is 8.94 Å². The summed E-state index contributed by atoms with van der Waals surface area (Å²) in [6, 6.07) is 5.93. The number of piperidine rings is 1. The molecule has 0 amide bonds. The highest BCUT2D eigenvalue weighted by Gasteiger charge is 2.33. The molecule has 6 heteroatoms. The quantitative estimate of drug-likeness (QED) is 0.944. The molecular formula is C15H22ClN3O2. The van der Waals surface area contributed by atoms with Gasteiger partial charge in [-0.1, -0.05) is 19.0 Å². The van der Waals surface area contributed by atoms with Gasteiger partial charge < -0.3 is 14.7 Å². The Balaban J connectivity index is 0.00000161. The molecule has 0 radical (unpaired) electrons. The van der Waals surface area contributed by atoms with Gasteiger partial charge in [0.2, 0.25) is 5.76 Å². The average molecular weight is 312 g/mol. The molecule has 1 unspecified atom stereocenters. The van der Waals surface area contributed by atoms with Crippen LogP contribution in [0.25, 0.3) is 11.5 Å². The molecule has 1 aliphatic rings. The highest BCUT2D eigenvalue weighted by Crippen LogP contribution is 2.29. The molecule has 2 N–H and O–H groups in total. The number of nitrogens with two attached hydrogens (primary N) is 1. The molecule has 0 aromatic carbocycles. The van der Waals surface area contributed by atoms with Crippen molar-refractivity contribution >= 4 is 12.4 Å². The molecular weight excluding hydrogens is 290 g/mol. The van der Waals surface area contributed by atoms with E-state index < -0.39 is 0 Å². The second-order valence-electron chi connectivity index (χ2n) is 6.25. The van der Waals surface area contributed by atoms with Crippen molar-refractivity contribution in [3.05, 3.63) is 30.2 Å². The summed E-state index contributed by atoms with van der Waals surface area (Å²) >= 11 is 0. The van der Waals surface area contributed by atoms with Crippen LogP contribution in [0.5, 0.6) is 0 Å². The third-order valence-corrected chi connectivity index (χ3v) is 4.10. The first-order valence-electron chi connectivity index (χ1n) is 7.02. The van der Waals surface area contributed by atoms with Crippen molar-refractivity contribution in [1.29, 1.82) is 0 Å². The van der Waals surface area contributed by atoms with Crippen LogP contribution in [0.3, 0.4) is 0 Å². The first kappa shape index (κ1) is 16.1. The maximum Gasteiger partial charge on any atom is 0.202 e. The van der Waals surface area contributed by atoms with Crippen molar-refractivity contribution in [2.24, 2.45) is 11.1 Å². The summed E-state index contributed by atoms with van der Waals surface area (Å²) in [5, 5.41) is 4.13. The maximum atomic E-state index is 6.16. The van der Waals surface area contributed by atoms with Crippen LogP contribution in [0.4, 0.5) is 0 Å². The van der Waals surface area contributed by atoms with Crippen molar-refractivity contribution in [3.63, 3.8) is 0 Å². The van der Waals surface area contributed by atoms with Crippen molar-refractivity contribution in [3.8, 4) is 11.5 Å². The van der Waals surface area contributed by atoms with E-state index in [0.29, 0.717) is 11.5 Å². The van der Waals surface area contributed by atoms with Crippen LogP contribution >= 0.6 is 12.4 Å². The second-order valence-corrected chi connectivity index (χ2v) is 6.25. The average Bonchev–Trinajstić information content (AvgIpc) is 3.03. The maximum absolute atomic E-state index is 6.16. The van der Waals surface area contributed by atoms with Crippen LogP contribution < -0.4 is 5.73 Å². The Morgan fingerprint density at radius 1 is 1.43 bits per heavy atom. The molecule has 2 aromatic heterocycles. The van der Waals surface area contributed by atoms with Gasteiger partial charge in [0, 0.05) is 31.7 Å². The van der Waals surface area contributed by atoms with Crippen molar-refractivity contribution in [1.82, 2.24) is 10.1 Å². The Kier molecular flexibility index (Phi) is 4.76. The number of hydrogen-bond donors (Lipinski definition) is 1. The van der Waals surface area contributed by atoms with Crippen LogP contribution in [0, 0.1) is 5.41 Å². The molecule has 1 fully saturated rings. The summed E-state index contributed by atoms with van der Waals surface area (Å²) in [4.78, 5) is 2.38. The minimum atomic E-state index is 0. The lowest BCUT2D eigenvalue weighted by molar-refractivity contribution is 0.0880. The zero-order valence-corrected chi connectivity index (χ0v) is 13.2. The molecule has 1 saturated heterocycles. The van der Waals surface area contributed by atoms with Crippen LogP contribution in [-0.4, -0.2) is 29.2 Å². The largest absolute Gasteiger partial charge is 0.461 e. The van der Waals surface area contributed by atoms with E-state index in [4.69, 9.17) is 14.7 Å². The molecule has 21 heavy (non-hydrogen) atoms. The number of halogens is 1. The van der Waals surface area contributed by atoms with E-state index in [1.165, 1.54) is 0 Å². The van der Waals surface area contributed by atoms with Gasteiger partial charge in [-0.25, -0.2) is 0 Å². The van der Waals surface area contributed by atoms with E-state index in [1.54, 1.807) is 6.26 Å². The van der Waals surface area contributed by atoms with Crippen LogP contribution in [0.15, 0.2) is 33.4 Å². The number of furan rings is 1. The lowest BCUT2D eigenvalue weighted by Crippen LogP contribution is -2.52. The van der Waals surface area contributed by atoms with E-state index in [9.17, 15) is 0 Å². The highest BCUT2D eigenvalue weighted by molar-refractivity contribution is 5.85. The monoisotopic (exact) mass is 311 g/mol. The summed E-state index contributed by atoms with van der Waals surface area (Å²) < 4.78 is 10.6. The third-order valence-electron chi connectivity index (χ3n) is 4.10. The number of aromatic nitrogens is 1. The number of hydrogen-bond acceptors (Lipinski definition) is 5. The lowest BCUT2D eigenvalue weighted by Gasteiger charge is -2.42. The van der Waals surface area contributed by atoms with Gasteiger partial charge in [0.25, 0.3) is 0 Å². The number of rotatable bonds is 3. The molecule has 1 aliphatic heterocycles. The van der Waals surface area contributed by atoms with Crippen LogP contribution in [0.2, 0.25) is 0 Å². The summed E-state index contributed by atoms with van der Waals surface area (Å²) in [5.74, 6) is 1.39. The smallest absolute Gasteiger partial charge is 0.202 e. The SMILES string of the molecule is CC1(C)CN(Cc2cc(-c3ccco3)on2)CCC1N.Cl. The summed E-state index contributed by atoms with van der Waals surface area (Å²) in [6.45, 7) is 7.23. The zero-order valence-electron chi connectivity index (χ0n) is 12.4. The fourth-order valence-corrected chi connectivity index (χ4v) is 2.77. The van der Waals surface area contributed by atoms with E-state index in [0.717, 1.165) is 31.7 Å². The number of likely N-dealkylation sites (tertiary alicyclic amines) is 1. The highest BCUT2D eigenvalue weighted by atomic mass is 35.5. The Morgan fingerprint density at radius 3 is 2.90 bits per heavy atom. The first-order valence-corrected chi connectivity index (χ1v) is 7.02. The summed E-state index contributed by atoms with van der Waals surface area (Å²) in [5.41, 5.74) is 7.24. The van der Waals surface area contributed by atoms with Gasteiger partial charge in [-0.3, -0.25) is 4.90 Å². The summed E-state index contributed by atoms with van der Waals surface area (Å²) in [7, 11) is 0.